The van der Waals surface area contributed by atoms with Gasteiger partial charge in [-0.25, -0.2) is 0 Å². The fourth-order valence-electron chi connectivity index (χ4n) is 2.39. The van der Waals surface area contributed by atoms with Crippen molar-refractivity contribution in [2.45, 2.75) is 12.2 Å². The number of epoxide rings is 2. The van der Waals surface area contributed by atoms with E-state index in [2.05, 4.69) is 0 Å². The van der Waals surface area contributed by atoms with Crippen molar-refractivity contribution in [2.24, 2.45) is 0 Å². The topological polar surface area (TPSA) is 62.0 Å². The lowest BCUT2D eigenvalue weighted by Gasteiger charge is -2.09. The summed E-state index contributed by atoms with van der Waals surface area (Å²) in [6, 6.07) is 15.8. The number of ether oxygens (including phenoxy) is 6. The zero-order valence-corrected chi connectivity index (χ0v) is 14.5. The van der Waals surface area contributed by atoms with E-state index in [9.17, 15) is 0 Å². The minimum atomic E-state index is 0.236. The number of rotatable bonds is 11. The van der Waals surface area contributed by atoms with Gasteiger partial charge in [-0.15, -0.1) is 0 Å². The van der Waals surface area contributed by atoms with Crippen LogP contribution < -0.4 is 9.47 Å². The van der Waals surface area contributed by atoms with Gasteiger partial charge in [-0.2, -0.15) is 0 Å². The summed E-state index contributed by atoms with van der Waals surface area (Å²) in [6.07, 6.45) is 0.512. The first-order valence-corrected chi connectivity index (χ1v) is 8.71. The molecular formula is C20H22O6. The van der Waals surface area contributed by atoms with E-state index in [0.29, 0.717) is 13.2 Å². The molecule has 2 aromatic rings. The Hall–Kier alpha value is -2.12. The van der Waals surface area contributed by atoms with Crippen LogP contribution in [0.4, 0.5) is 0 Å². The molecular weight excluding hydrogens is 336 g/mol. The molecule has 2 aromatic carbocycles. The van der Waals surface area contributed by atoms with Crippen molar-refractivity contribution < 1.29 is 28.4 Å². The first-order chi connectivity index (χ1) is 12.9. The zero-order chi connectivity index (χ0) is 17.6. The van der Waals surface area contributed by atoms with Crippen LogP contribution in [0.25, 0.3) is 11.1 Å². The van der Waals surface area contributed by atoms with Crippen molar-refractivity contribution in [3.63, 3.8) is 0 Å². The molecule has 2 aliphatic rings. The van der Waals surface area contributed by atoms with Gasteiger partial charge in [0, 0.05) is 0 Å². The summed E-state index contributed by atoms with van der Waals surface area (Å²) in [5, 5.41) is 0. The van der Waals surface area contributed by atoms with E-state index in [1.165, 1.54) is 0 Å². The maximum atomic E-state index is 5.55. The number of hydrogen-bond donors (Lipinski definition) is 0. The summed E-state index contributed by atoms with van der Waals surface area (Å²) in [7, 11) is 0. The molecule has 2 fully saturated rings. The Morgan fingerprint density at radius 3 is 1.38 bits per heavy atom. The second-order valence-electron chi connectivity index (χ2n) is 6.23. The Morgan fingerprint density at radius 2 is 1.04 bits per heavy atom. The molecule has 0 aromatic heterocycles. The van der Waals surface area contributed by atoms with Crippen LogP contribution in [0, 0.1) is 0 Å². The maximum Gasteiger partial charge on any atom is 0.189 e. The van der Waals surface area contributed by atoms with Gasteiger partial charge in [0.15, 0.2) is 13.6 Å². The third kappa shape index (κ3) is 5.44. The van der Waals surface area contributed by atoms with E-state index in [1.807, 2.05) is 48.5 Å². The molecule has 26 heavy (non-hydrogen) atoms. The fraction of sp³-hybridized carbons (Fsp3) is 0.400. The second-order valence-corrected chi connectivity index (χ2v) is 6.23. The van der Waals surface area contributed by atoms with Crippen LogP contribution in [0.2, 0.25) is 0 Å². The smallest absolute Gasteiger partial charge is 0.189 e. The Morgan fingerprint density at radius 1 is 0.654 bits per heavy atom. The van der Waals surface area contributed by atoms with Gasteiger partial charge in [0.05, 0.1) is 26.4 Å². The van der Waals surface area contributed by atoms with Crippen molar-refractivity contribution in [1.29, 1.82) is 0 Å². The molecule has 0 spiro atoms. The van der Waals surface area contributed by atoms with Gasteiger partial charge in [0.1, 0.15) is 23.7 Å². The monoisotopic (exact) mass is 358 g/mol. The summed E-state index contributed by atoms with van der Waals surface area (Å²) in [5.74, 6) is 1.56. The fourth-order valence-corrected chi connectivity index (χ4v) is 2.39. The summed E-state index contributed by atoms with van der Waals surface area (Å²) in [4.78, 5) is 0. The predicted molar refractivity (Wildman–Crippen MR) is 94.3 cm³/mol. The zero-order valence-electron chi connectivity index (χ0n) is 14.5. The summed E-state index contributed by atoms with van der Waals surface area (Å²) in [5.41, 5.74) is 2.22. The highest BCUT2D eigenvalue weighted by Gasteiger charge is 2.22. The van der Waals surface area contributed by atoms with Gasteiger partial charge >= 0.3 is 0 Å². The van der Waals surface area contributed by atoms with Gasteiger partial charge in [0.25, 0.3) is 0 Å². The van der Waals surface area contributed by atoms with Crippen molar-refractivity contribution in [3.8, 4) is 22.6 Å². The molecule has 4 rings (SSSR count). The van der Waals surface area contributed by atoms with Crippen LogP contribution in [-0.4, -0.2) is 52.2 Å². The van der Waals surface area contributed by atoms with E-state index in [-0.39, 0.29) is 25.8 Å². The van der Waals surface area contributed by atoms with Crippen molar-refractivity contribution in [2.75, 3.05) is 40.0 Å². The first-order valence-electron chi connectivity index (χ1n) is 8.71. The molecule has 6 nitrogen and oxygen atoms in total. The maximum absolute atomic E-state index is 5.55. The Bertz CT molecular complexity index is 615. The van der Waals surface area contributed by atoms with Gasteiger partial charge in [0.2, 0.25) is 0 Å². The molecule has 6 heteroatoms. The van der Waals surface area contributed by atoms with Crippen LogP contribution in [0.1, 0.15) is 0 Å². The minimum absolute atomic E-state index is 0.236. The Labute approximate surface area is 152 Å². The highest BCUT2D eigenvalue weighted by Crippen LogP contribution is 2.25. The van der Waals surface area contributed by atoms with E-state index < -0.39 is 0 Å². The molecule has 2 aliphatic heterocycles. The third-order valence-electron chi connectivity index (χ3n) is 4.07. The van der Waals surface area contributed by atoms with E-state index >= 15 is 0 Å². The first kappa shape index (κ1) is 17.3. The standard InChI is InChI=1S/C20H22O6/c1-5-17(25-13-21-9-19-11-23-19)6-2-15(1)16-3-7-18(8-4-16)26-14-22-10-20-12-24-20/h1-8,19-20H,9-14H2. The molecule has 2 heterocycles. The summed E-state index contributed by atoms with van der Waals surface area (Å²) >= 11 is 0. The molecule has 0 aliphatic carbocycles. The van der Waals surface area contributed by atoms with E-state index in [0.717, 1.165) is 35.8 Å². The highest BCUT2D eigenvalue weighted by molar-refractivity contribution is 5.64. The average molecular weight is 358 g/mol. The van der Waals surface area contributed by atoms with E-state index in [4.69, 9.17) is 28.4 Å². The summed E-state index contributed by atoms with van der Waals surface area (Å²) < 4.78 is 32.0. The normalized spacial score (nSPS) is 20.6. The summed E-state index contributed by atoms with van der Waals surface area (Å²) in [6.45, 7) is 3.24. The van der Waals surface area contributed by atoms with Crippen LogP contribution in [-0.2, 0) is 18.9 Å². The number of hydrogen-bond acceptors (Lipinski definition) is 6. The molecule has 138 valence electrons. The molecule has 0 radical (unpaired) electrons. The molecule has 2 atom stereocenters. The number of benzene rings is 2. The quantitative estimate of drug-likeness (QED) is 0.350. The molecule has 0 bridgehead atoms. The van der Waals surface area contributed by atoms with Crippen LogP contribution in [0.15, 0.2) is 48.5 Å². The van der Waals surface area contributed by atoms with Crippen LogP contribution >= 0.6 is 0 Å². The van der Waals surface area contributed by atoms with Crippen molar-refractivity contribution in [3.05, 3.63) is 48.5 Å². The Balaban J connectivity index is 1.22. The second kappa shape index (κ2) is 8.51. The van der Waals surface area contributed by atoms with Gasteiger partial charge < -0.3 is 28.4 Å². The van der Waals surface area contributed by atoms with E-state index in [1.54, 1.807) is 0 Å². The third-order valence-corrected chi connectivity index (χ3v) is 4.07. The predicted octanol–water partition coefficient (Wildman–Crippen LogP) is 2.86. The lowest BCUT2D eigenvalue weighted by atomic mass is 10.1. The average Bonchev–Trinajstić information content (AvgIpc) is 3.59. The minimum Gasteiger partial charge on any atom is -0.468 e. The SMILES string of the molecule is c1cc(-c2ccc(OCOCC3CO3)cc2)ccc1OCOCC1CO1. The largest absolute Gasteiger partial charge is 0.468 e. The van der Waals surface area contributed by atoms with Crippen LogP contribution in [0.5, 0.6) is 11.5 Å². The Kier molecular flexibility index (Phi) is 5.66. The van der Waals surface area contributed by atoms with Gasteiger partial charge in [-0.05, 0) is 35.4 Å². The van der Waals surface area contributed by atoms with Crippen molar-refractivity contribution in [1.82, 2.24) is 0 Å². The lowest BCUT2D eigenvalue weighted by Crippen LogP contribution is -2.07. The molecule has 2 unspecified atom stereocenters. The molecule has 0 N–H and O–H groups in total. The lowest BCUT2D eigenvalue weighted by molar-refractivity contribution is 0.00808. The van der Waals surface area contributed by atoms with Crippen molar-refractivity contribution >= 4 is 0 Å². The molecule has 0 amide bonds. The molecule has 2 saturated heterocycles. The molecule has 0 saturated carbocycles. The van der Waals surface area contributed by atoms with Gasteiger partial charge in [-0.3, -0.25) is 0 Å². The van der Waals surface area contributed by atoms with Gasteiger partial charge in [-0.1, -0.05) is 24.3 Å². The van der Waals surface area contributed by atoms with Crippen LogP contribution in [0.3, 0.4) is 0 Å². The highest BCUT2D eigenvalue weighted by atomic mass is 16.7.